The van der Waals surface area contributed by atoms with Crippen LogP contribution in [0.2, 0.25) is 0 Å². The molecule has 4 nitrogen and oxygen atoms in total. The van der Waals surface area contributed by atoms with Gasteiger partial charge in [0, 0.05) is 18.6 Å². The third-order valence-corrected chi connectivity index (χ3v) is 4.62. The van der Waals surface area contributed by atoms with E-state index < -0.39 is 26.6 Å². The molecule has 1 aromatic rings. The van der Waals surface area contributed by atoms with Gasteiger partial charge in [-0.3, -0.25) is 0 Å². The Balaban J connectivity index is 3.16. The number of nitrogens with one attached hydrogen (secondary N) is 2. The van der Waals surface area contributed by atoms with Gasteiger partial charge in [-0.2, -0.15) is 0 Å². The van der Waals surface area contributed by atoms with E-state index in [1.807, 2.05) is 13.8 Å². The topological polar surface area (TPSA) is 58.2 Å². The van der Waals surface area contributed by atoms with Crippen LogP contribution in [0.25, 0.3) is 0 Å². The van der Waals surface area contributed by atoms with Crippen molar-refractivity contribution in [3.05, 3.63) is 29.3 Å². The highest BCUT2D eigenvalue weighted by molar-refractivity contribution is 7.89. The van der Waals surface area contributed by atoms with Crippen LogP contribution in [-0.2, 0) is 16.6 Å². The van der Waals surface area contributed by atoms with Crippen molar-refractivity contribution < 1.29 is 17.2 Å². The van der Waals surface area contributed by atoms with Gasteiger partial charge in [0.1, 0.15) is 4.90 Å². The maximum absolute atomic E-state index is 13.8. The predicted molar refractivity (Wildman–Crippen MR) is 78.4 cm³/mol. The fraction of sp³-hybridized carbons (Fsp3) is 0.571. The standard InChI is InChI=1S/C14H22F2N2O2S/c1-5-10(4)18-21(19,20)13-7-11(8-17-9(2)3)6-12(15)14(13)16/h6-7,9-10,17-18H,5,8H2,1-4H3. The van der Waals surface area contributed by atoms with E-state index in [0.29, 0.717) is 12.0 Å². The van der Waals surface area contributed by atoms with Crippen molar-refractivity contribution in [2.24, 2.45) is 0 Å². The molecule has 2 N–H and O–H groups in total. The highest BCUT2D eigenvalue weighted by atomic mass is 32.2. The average Bonchev–Trinajstić information content (AvgIpc) is 2.38. The Bertz CT molecular complexity index is 589. The maximum Gasteiger partial charge on any atom is 0.243 e. The minimum absolute atomic E-state index is 0.149. The molecule has 0 saturated carbocycles. The van der Waals surface area contributed by atoms with Gasteiger partial charge in [-0.05, 0) is 31.0 Å². The Hall–Kier alpha value is -1.05. The van der Waals surface area contributed by atoms with E-state index in [9.17, 15) is 17.2 Å². The summed E-state index contributed by atoms with van der Waals surface area (Å²) in [6.07, 6.45) is 0.553. The van der Waals surface area contributed by atoms with Crippen LogP contribution in [0.5, 0.6) is 0 Å². The molecule has 0 fully saturated rings. The zero-order chi connectivity index (χ0) is 16.2. The summed E-state index contributed by atoms with van der Waals surface area (Å²) in [6.45, 7) is 7.54. The van der Waals surface area contributed by atoms with Crippen molar-refractivity contribution in [3.63, 3.8) is 0 Å². The summed E-state index contributed by atoms with van der Waals surface area (Å²) in [5.74, 6) is -2.51. The quantitative estimate of drug-likeness (QED) is 0.812. The third kappa shape index (κ3) is 5.01. The van der Waals surface area contributed by atoms with Crippen LogP contribution >= 0.6 is 0 Å². The number of halogens is 2. The van der Waals surface area contributed by atoms with Crippen LogP contribution in [0.4, 0.5) is 8.78 Å². The van der Waals surface area contributed by atoms with Crippen LogP contribution in [0.15, 0.2) is 17.0 Å². The summed E-state index contributed by atoms with van der Waals surface area (Å²) in [4.78, 5) is -0.650. The van der Waals surface area contributed by atoms with Gasteiger partial charge in [-0.25, -0.2) is 21.9 Å². The van der Waals surface area contributed by atoms with E-state index in [1.165, 1.54) is 6.07 Å². The van der Waals surface area contributed by atoms with Crippen molar-refractivity contribution in [1.29, 1.82) is 0 Å². The van der Waals surface area contributed by atoms with Gasteiger partial charge in [0.25, 0.3) is 0 Å². The number of rotatable bonds is 7. The first kappa shape index (κ1) is 18.0. The molecule has 0 aliphatic heterocycles. The number of sulfonamides is 1. The highest BCUT2D eigenvalue weighted by Crippen LogP contribution is 2.20. The molecule has 0 aliphatic rings. The highest BCUT2D eigenvalue weighted by Gasteiger charge is 2.24. The van der Waals surface area contributed by atoms with E-state index in [-0.39, 0.29) is 18.6 Å². The van der Waals surface area contributed by atoms with Crippen LogP contribution in [0, 0.1) is 11.6 Å². The summed E-state index contributed by atoms with van der Waals surface area (Å²) in [6, 6.07) is 1.97. The van der Waals surface area contributed by atoms with E-state index in [4.69, 9.17) is 0 Å². The van der Waals surface area contributed by atoms with Gasteiger partial charge in [-0.15, -0.1) is 0 Å². The first-order valence-electron chi connectivity index (χ1n) is 6.91. The molecular formula is C14H22F2N2O2S. The molecule has 1 unspecified atom stereocenters. The van der Waals surface area contributed by atoms with Crippen LogP contribution in [0.3, 0.4) is 0 Å². The molecule has 0 spiro atoms. The van der Waals surface area contributed by atoms with Gasteiger partial charge < -0.3 is 5.32 Å². The Morgan fingerprint density at radius 3 is 2.33 bits per heavy atom. The number of hydrogen-bond acceptors (Lipinski definition) is 3. The lowest BCUT2D eigenvalue weighted by Crippen LogP contribution is -2.33. The normalized spacial score (nSPS) is 13.7. The zero-order valence-corrected chi connectivity index (χ0v) is 13.5. The first-order valence-corrected chi connectivity index (χ1v) is 8.39. The molecule has 0 saturated heterocycles. The summed E-state index contributed by atoms with van der Waals surface area (Å²) in [5.41, 5.74) is 0.382. The second kappa shape index (κ2) is 7.29. The van der Waals surface area contributed by atoms with Crippen molar-refractivity contribution in [3.8, 4) is 0 Å². The monoisotopic (exact) mass is 320 g/mol. The van der Waals surface area contributed by atoms with Crippen LogP contribution in [0.1, 0.15) is 39.7 Å². The van der Waals surface area contributed by atoms with Crippen molar-refractivity contribution in [2.45, 2.75) is 57.6 Å². The minimum Gasteiger partial charge on any atom is -0.310 e. The fourth-order valence-electron chi connectivity index (χ4n) is 1.65. The molecule has 0 aromatic heterocycles. The van der Waals surface area contributed by atoms with Crippen LogP contribution in [-0.4, -0.2) is 20.5 Å². The third-order valence-electron chi connectivity index (χ3n) is 3.03. The minimum atomic E-state index is -4.08. The van der Waals surface area contributed by atoms with Crippen LogP contribution < -0.4 is 10.0 Å². The number of benzene rings is 1. The predicted octanol–water partition coefficient (Wildman–Crippen LogP) is 2.54. The van der Waals surface area contributed by atoms with Gasteiger partial charge in [0.05, 0.1) is 0 Å². The van der Waals surface area contributed by atoms with E-state index >= 15 is 0 Å². The van der Waals surface area contributed by atoms with Gasteiger partial charge >= 0.3 is 0 Å². The molecule has 0 heterocycles. The lowest BCUT2D eigenvalue weighted by atomic mass is 10.2. The fourth-order valence-corrected chi connectivity index (χ4v) is 3.11. The SMILES string of the molecule is CCC(C)NS(=O)(=O)c1cc(CNC(C)C)cc(F)c1F. The molecule has 0 bridgehead atoms. The van der Waals surface area contributed by atoms with E-state index in [2.05, 4.69) is 10.0 Å². The molecule has 120 valence electrons. The molecule has 21 heavy (non-hydrogen) atoms. The molecule has 1 rings (SSSR count). The summed E-state index contributed by atoms with van der Waals surface area (Å²) in [5, 5.41) is 3.03. The Labute approximate surface area is 125 Å². The molecule has 7 heteroatoms. The molecular weight excluding hydrogens is 298 g/mol. The molecule has 0 radical (unpaired) electrons. The molecule has 1 aromatic carbocycles. The molecule has 1 atom stereocenters. The average molecular weight is 320 g/mol. The van der Waals surface area contributed by atoms with Crippen molar-refractivity contribution in [2.75, 3.05) is 0 Å². The van der Waals surface area contributed by atoms with Gasteiger partial charge in [0.15, 0.2) is 11.6 Å². The largest absolute Gasteiger partial charge is 0.310 e. The summed E-state index contributed by atoms with van der Waals surface area (Å²) >= 11 is 0. The lowest BCUT2D eigenvalue weighted by molar-refractivity contribution is 0.477. The smallest absolute Gasteiger partial charge is 0.243 e. The van der Waals surface area contributed by atoms with Crippen molar-refractivity contribution >= 4 is 10.0 Å². The van der Waals surface area contributed by atoms with E-state index in [0.717, 1.165) is 6.07 Å². The van der Waals surface area contributed by atoms with E-state index in [1.54, 1.807) is 13.8 Å². The number of hydrogen-bond donors (Lipinski definition) is 2. The Kier molecular flexibility index (Phi) is 6.24. The molecule has 0 aliphatic carbocycles. The second-order valence-electron chi connectivity index (χ2n) is 5.36. The lowest BCUT2D eigenvalue weighted by Gasteiger charge is -2.14. The Morgan fingerprint density at radius 1 is 1.19 bits per heavy atom. The molecule has 0 amide bonds. The first-order chi connectivity index (χ1) is 9.67. The second-order valence-corrected chi connectivity index (χ2v) is 7.04. The summed E-state index contributed by atoms with van der Waals surface area (Å²) < 4.78 is 54.0. The van der Waals surface area contributed by atoms with Gasteiger partial charge in [0.2, 0.25) is 10.0 Å². The maximum atomic E-state index is 13.8. The zero-order valence-electron chi connectivity index (χ0n) is 12.7. The van der Waals surface area contributed by atoms with Gasteiger partial charge in [-0.1, -0.05) is 20.8 Å². The Morgan fingerprint density at radius 2 is 1.81 bits per heavy atom. The van der Waals surface area contributed by atoms with Crippen molar-refractivity contribution in [1.82, 2.24) is 10.0 Å². The summed E-state index contributed by atoms with van der Waals surface area (Å²) in [7, 11) is -4.08.